The average Bonchev–Trinajstić information content (AvgIpc) is 2.94. The van der Waals surface area contributed by atoms with E-state index >= 15 is 0 Å². The van der Waals surface area contributed by atoms with E-state index in [1.165, 1.54) is 4.90 Å². The lowest BCUT2D eigenvalue weighted by Gasteiger charge is -2.22. The van der Waals surface area contributed by atoms with Crippen LogP contribution < -0.4 is 5.32 Å². The highest BCUT2D eigenvalue weighted by molar-refractivity contribution is 9.10. The van der Waals surface area contributed by atoms with Crippen molar-refractivity contribution in [3.63, 3.8) is 0 Å². The number of amides is 1. The van der Waals surface area contributed by atoms with Crippen molar-refractivity contribution in [2.24, 2.45) is 0 Å². The third-order valence-electron chi connectivity index (χ3n) is 3.41. The molecule has 1 saturated heterocycles. The molecule has 0 unspecified atom stereocenters. The number of hydrogen-bond acceptors (Lipinski definition) is 3. The number of carbonyl (C=O) groups is 2. The van der Waals surface area contributed by atoms with Gasteiger partial charge in [-0.25, -0.2) is 0 Å². The van der Waals surface area contributed by atoms with Gasteiger partial charge in [0.2, 0.25) is 5.91 Å². The molecule has 0 spiro atoms. The average molecular weight is 391 g/mol. The molecule has 1 aliphatic rings. The van der Waals surface area contributed by atoms with Crippen molar-refractivity contribution in [1.82, 2.24) is 4.90 Å². The molecule has 1 aromatic rings. The molecule has 0 aromatic heterocycles. The Hall–Kier alpha value is -1.83. The molecule has 1 aliphatic heterocycles. The van der Waals surface area contributed by atoms with Crippen LogP contribution in [0.5, 0.6) is 0 Å². The largest absolute Gasteiger partial charge is 0.454 e. The van der Waals surface area contributed by atoms with Gasteiger partial charge in [-0.05, 0) is 37.1 Å². The van der Waals surface area contributed by atoms with Crippen LogP contribution in [0.3, 0.4) is 0 Å². The number of allylic oxidation sites excluding steroid dienone is 1. The zero-order valence-corrected chi connectivity index (χ0v) is 13.5. The molecule has 1 atom stereocenters. The maximum atomic E-state index is 12.2. The Balaban J connectivity index is 2.00. The van der Waals surface area contributed by atoms with Gasteiger partial charge in [0.05, 0.1) is 0 Å². The molecule has 1 N–H and O–H groups in total. The molecule has 124 valence electrons. The molecule has 1 aromatic carbocycles. The Bertz CT molecular complexity index is 614. The Morgan fingerprint density at radius 1 is 1.26 bits per heavy atom. The number of nitrogens with one attached hydrogen (secondary N) is 1. The molecule has 0 saturated carbocycles. The lowest BCUT2D eigenvalue weighted by Crippen LogP contribution is -2.36. The number of benzene rings is 1. The molecule has 0 aliphatic carbocycles. The molecule has 1 amide bonds. The molecular formula is C15H14BrF3N2O2. The highest BCUT2D eigenvalue weighted by Gasteiger charge is 2.37. The third kappa shape index (κ3) is 4.82. The van der Waals surface area contributed by atoms with Crippen molar-refractivity contribution in [1.29, 1.82) is 0 Å². The summed E-state index contributed by atoms with van der Waals surface area (Å²) in [5.74, 6) is -2.25. The van der Waals surface area contributed by atoms with Gasteiger partial charge in [0.15, 0.2) is 0 Å². The summed E-state index contributed by atoms with van der Waals surface area (Å²) in [4.78, 5) is 24.6. The van der Waals surface area contributed by atoms with E-state index in [0.29, 0.717) is 31.1 Å². The van der Waals surface area contributed by atoms with Crippen LogP contribution in [-0.2, 0) is 9.59 Å². The van der Waals surface area contributed by atoms with Crippen LogP contribution in [0.4, 0.5) is 18.9 Å². The highest BCUT2D eigenvalue weighted by atomic mass is 79.9. The molecule has 2 rings (SSSR count). The van der Waals surface area contributed by atoms with Crippen LogP contribution in [-0.4, -0.2) is 35.4 Å². The molecule has 4 nitrogen and oxygen atoms in total. The minimum atomic E-state index is -4.90. The smallest absolute Gasteiger partial charge is 0.365 e. The maximum absolute atomic E-state index is 12.2. The number of anilines is 1. The number of ketones is 1. The van der Waals surface area contributed by atoms with Crippen molar-refractivity contribution in [2.75, 3.05) is 11.9 Å². The zero-order chi connectivity index (χ0) is 17.0. The monoisotopic (exact) mass is 390 g/mol. The van der Waals surface area contributed by atoms with Crippen LogP contribution in [0, 0.1) is 0 Å². The maximum Gasteiger partial charge on any atom is 0.454 e. The minimum Gasteiger partial charge on any atom is -0.365 e. The van der Waals surface area contributed by atoms with Crippen LogP contribution in [0.2, 0.25) is 0 Å². The summed E-state index contributed by atoms with van der Waals surface area (Å²) in [6, 6.07) is 6.37. The number of carbonyl (C=O) groups excluding carboxylic acids is 2. The van der Waals surface area contributed by atoms with E-state index in [1.807, 2.05) is 0 Å². The molecule has 0 radical (unpaired) electrons. The van der Waals surface area contributed by atoms with E-state index in [2.05, 4.69) is 21.2 Å². The number of hydrogen-bond donors (Lipinski definition) is 1. The second-order valence-electron chi connectivity index (χ2n) is 5.07. The first-order valence-electron chi connectivity index (χ1n) is 6.89. The van der Waals surface area contributed by atoms with Crippen LogP contribution in [0.1, 0.15) is 12.8 Å². The fourth-order valence-electron chi connectivity index (χ4n) is 2.27. The van der Waals surface area contributed by atoms with Crippen LogP contribution in [0.15, 0.2) is 41.0 Å². The third-order valence-corrected chi connectivity index (χ3v) is 3.93. The van der Waals surface area contributed by atoms with Crippen LogP contribution in [0.25, 0.3) is 0 Å². The summed E-state index contributed by atoms with van der Waals surface area (Å²) < 4.78 is 37.5. The lowest BCUT2D eigenvalue weighted by molar-refractivity contribution is -0.165. The van der Waals surface area contributed by atoms with Crippen molar-refractivity contribution in [3.05, 3.63) is 41.0 Å². The predicted octanol–water partition coefficient (Wildman–Crippen LogP) is 3.50. The first-order valence-corrected chi connectivity index (χ1v) is 7.68. The Morgan fingerprint density at radius 3 is 2.52 bits per heavy atom. The van der Waals surface area contributed by atoms with Crippen molar-refractivity contribution in [2.45, 2.75) is 25.1 Å². The van der Waals surface area contributed by atoms with Gasteiger partial charge in [-0.15, -0.1) is 0 Å². The Labute approximate surface area is 139 Å². The quantitative estimate of drug-likeness (QED) is 0.800. The molecule has 8 heteroatoms. The molecule has 1 heterocycles. The van der Waals surface area contributed by atoms with E-state index in [9.17, 15) is 22.8 Å². The molecular weight excluding hydrogens is 377 g/mol. The Morgan fingerprint density at radius 2 is 1.91 bits per heavy atom. The summed E-state index contributed by atoms with van der Waals surface area (Å²) in [6.07, 6.45) is -2.19. The predicted molar refractivity (Wildman–Crippen MR) is 82.7 cm³/mol. The van der Waals surface area contributed by atoms with Gasteiger partial charge in [0.1, 0.15) is 6.04 Å². The van der Waals surface area contributed by atoms with Gasteiger partial charge in [-0.2, -0.15) is 13.2 Å². The van der Waals surface area contributed by atoms with E-state index in [1.54, 1.807) is 24.3 Å². The number of likely N-dealkylation sites (tertiary alicyclic amines) is 1. The standard InChI is InChI=1S/C15H14BrF3N2O2/c16-10-3-5-11(6-4-10)20-14(23)12-2-1-8-21(12)9-7-13(22)15(17,18)19/h3-7,9,12H,1-2,8H2,(H,20,23)/b9-7+/t12-/m0/s1. The summed E-state index contributed by atoms with van der Waals surface area (Å²) in [6.45, 7) is 0.431. The van der Waals surface area contributed by atoms with Gasteiger partial charge in [-0.3, -0.25) is 9.59 Å². The number of nitrogens with zero attached hydrogens (tertiary/aromatic N) is 1. The van der Waals surface area contributed by atoms with Gasteiger partial charge < -0.3 is 10.2 Å². The van der Waals surface area contributed by atoms with Crippen molar-refractivity contribution < 1.29 is 22.8 Å². The number of rotatable bonds is 4. The van der Waals surface area contributed by atoms with Gasteiger partial charge >= 0.3 is 6.18 Å². The van der Waals surface area contributed by atoms with Crippen molar-refractivity contribution >= 4 is 33.3 Å². The fraction of sp³-hybridized carbons (Fsp3) is 0.333. The Kier molecular flexibility index (Phi) is 5.46. The molecule has 1 fully saturated rings. The summed E-state index contributed by atoms with van der Waals surface area (Å²) in [5, 5.41) is 2.72. The van der Waals surface area contributed by atoms with Gasteiger partial charge in [0.25, 0.3) is 5.78 Å². The second kappa shape index (κ2) is 7.16. The SMILES string of the molecule is O=C(Nc1ccc(Br)cc1)[C@@H]1CCCN1/C=C/C(=O)C(F)(F)F. The molecule has 23 heavy (non-hydrogen) atoms. The molecule has 0 bridgehead atoms. The highest BCUT2D eigenvalue weighted by Crippen LogP contribution is 2.22. The first kappa shape index (κ1) is 17.5. The summed E-state index contributed by atoms with van der Waals surface area (Å²) in [7, 11) is 0. The summed E-state index contributed by atoms with van der Waals surface area (Å²) in [5.41, 5.74) is 0.598. The van der Waals surface area contributed by atoms with E-state index < -0.39 is 18.0 Å². The number of alkyl halides is 3. The number of halogens is 4. The van der Waals surface area contributed by atoms with E-state index in [4.69, 9.17) is 0 Å². The fourth-order valence-corrected chi connectivity index (χ4v) is 2.53. The summed E-state index contributed by atoms with van der Waals surface area (Å²) >= 11 is 3.28. The van der Waals surface area contributed by atoms with Gasteiger partial charge in [0, 0.05) is 29.0 Å². The first-order chi connectivity index (χ1) is 10.8. The van der Waals surface area contributed by atoms with Crippen LogP contribution >= 0.6 is 15.9 Å². The zero-order valence-electron chi connectivity index (χ0n) is 11.9. The van der Waals surface area contributed by atoms with E-state index in [0.717, 1.165) is 10.7 Å². The van der Waals surface area contributed by atoms with Gasteiger partial charge in [-0.1, -0.05) is 15.9 Å². The topological polar surface area (TPSA) is 49.4 Å². The van der Waals surface area contributed by atoms with E-state index in [-0.39, 0.29) is 5.91 Å². The second-order valence-corrected chi connectivity index (χ2v) is 5.99. The van der Waals surface area contributed by atoms with Crippen molar-refractivity contribution in [3.8, 4) is 0 Å². The normalized spacial score (nSPS) is 18.4. The minimum absolute atomic E-state index is 0.311. The lowest BCUT2D eigenvalue weighted by atomic mass is 10.2.